The van der Waals surface area contributed by atoms with Gasteiger partial charge in [0.2, 0.25) is 0 Å². The van der Waals surface area contributed by atoms with Crippen LogP contribution in [0.5, 0.6) is 0 Å². The second-order valence-electron chi connectivity index (χ2n) is 3.84. The second-order valence-corrected chi connectivity index (χ2v) is 3.84. The second kappa shape index (κ2) is 6.01. The van der Waals surface area contributed by atoms with E-state index in [-0.39, 0.29) is 0 Å². The van der Waals surface area contributed by atoms with Crippen molar-refractivity contribution in [1.82, 2.24) is 4.90 Å². The van der Waals surface area contributed by atoms with Gasteiger partial charge in [-0.2, -0.15) is 0 Å². The van der Waals surface area contributed by atoms with Crippen LogP contribution in [-0.2, 0) is 0 Å². The first-order valence-corrected chi connectivity index (χ1v) is 5.22. The standard InChI is InChI=1S/C11H20N2/c1-2-3-8-13-9-4-5-11(10-13)6-7-12/h1,11H,3-10,12H2. The van der Waals surface area contributed by atoms with E-state index in [1.165, 1.54) is 32.4 Å². The maximum Gasteiger partial charge on any atom is 0.0214 e. The molecule has 74 valence electrons. The summed E-state index contributed by atoms with van der Waals surface area (Å²) in [6.07, 6.45) is 9.97. The van der Waals surface area contributed by atoms with Crippen molar-refractivity contribution in [3.05, 3.63) is 0 Å². The van der Waals surface area contributed by atoms with Crippen LogP contribution in [0.3, 0.4) is 0 Å². The molecular weight excluding hydrogens is 160 g/mol. The van der Waals surface area contributed by atoms with E-state index in [0.717, 1.165) is 25.4 Å². The van der Waals surface area contributed by atoms with Crippen LogP contribution in [0.25, 0.3) is 0 Å². The summed E-state index contributed by atoms with van der Waals surface area (Å²) in [5, 5.41) is 0. The van der Waals surface area contributed by atoms with E-state index in [4.69, 9.17) is 12.2 Å². The Bertz CT molecular complexity index is 169. The van der Waals surface area contributed by atoms with Crippen molar-refractivity contribution in [3.63, 3.8) is 0 Å². The van der Waals surface area contributed by atoms with E-state index < -0.39 is 0 Å². The van der Waals surface area contributed by atoms with Crippen LogP contribution in [0.15, 0.2) is 0 Å². The fourth-order valence-electron chi connectivity index (χ4n) is 2.05. The molecule has 0 saturated carbocycles. The normalized spacial score (nSPS) is 24.2. The van der Waals surface area contributed by atoms with Gasteiger partial charge in [-0.05, 0) is 38.3 Å². The molecule has 0 aromatic rings. The summed E-state index contributed by atoms with van der Waals surface area (Å²) >= 11 is 0. The van der Waals surface area contributed by atoms with E-state index in [2.05, 4.69) is 10.8 Å². The minimum absolute atomic E-state index is 0.816. The maximum absolute atomic E-state index is 5.55. The molecule has 1 rings (SSSR count). The van der Waals surface area contributed by atoms with Crippen molar-refractivity contribution in [2.75, 3.05) is 26.2 Å². The average Bonchev–Trinajstić information content (AvgIpc) is 2.16. The van der Waals surface area contributed by atoms with Crippen molar-refractivity contribution in [3.8, 4) is 12.3 Å². The molecule has 0 bridgehead atoms. The summed E-state index contributed by atoms with van der Waals surface area (Å²) in [5.74, 6) is 3.51. The Morgan fingerprint density at radius 3 is 3.08 bits per heavy atom. The Hall–Kier alpha value is -0.520. The molecule has 1 aliphatic rings. The summed E-state index contributed by atoms with van der Waals surface area (Å²) in [7, 11) is 0. The molecule has 2 nitrogen and oxygen atoms in total. The van der Waals surface area contributed by atoms with E-state index in [1.807, 2.05) is 0 Å². The zero-order chi connectivity index (χ0) is 9.52. The van der Waals surface area contributed by atoms with Gasteiger partial charge < -0.3 is 10.6 Å². The van der Waals surface area contributed by atoms with Crippen LogP contribution < -0.4 is 5.73 Å². The molecule has 0 amide bonds. The lowest BCUT2D eigenvalue weighted by Gasteiger charge is -2.32. The average molecular weight is 180 g/mol. The number of hydrogen-bond donors (Lipinski definition) is 1. The van der Waals surface area contributed by atoms with Gasteiger partial charge in [0, 0.05) is 19.5 Å². The number of terminal acetylenes is 1. The number of nitrogens with zero attached hydrogens (tertiary/aromatic N) is 1. The first-order chi connectivity index (χ1) is 6.36. The Balaban J connectivity index is 2.21. The van der Waals surface area contributed by atoms with Crippen LogP contribution in [-0.4, -0.2) is 31.1 Å². The van der Waals surface area contributed by atoms with Gasteiger partial charge in [0.05, 0.1) is 0 Å². The van der Waals surface area contributed by atoms with Crippen LogP contribution in [0.1, 0.15) is 25.7 Å². The van der Waals surface area contributed by atoms with E-state index >= 15 is 0 Å². The number of nitrogens with two attached hydrogens (primary N) is 1. The highest BCUT2D eigenvalue weighted by atomic mass is 15.1. The van der Waals surface area contributed by atoms with Gasteiger partial charge in [0.25, 0.3) is 0 Å². The van der Waals surface area contributed by atoms with Crippen LogP contribution >= 0.6 is 0 Å². The molecule has 0 aromatic heterocycles. The maximum atomic E-state index is 5.55. The van der Waals surface area contributed by atoms with Gasteiger partial charge in [-0.15, -0.1) is 12.3 Å². The van der Waals surface area contributed by atoms with Crippen LogP contribution in [0.4, 0.5) is 0 Å². The predicted molar refractivity (Wildman–Crippen MR) is 56.3 cm³/mol. The zero-order valence-corrected chi connectivity index (χ0v) is 8.34. The van der Waals surface area contributed by atoms with E-state index in [0.29, 0.717) is 0 Å². The monoisotopic (exact) mass is 180 g/mol. The lowest BCUT2D eigenvalue weighted by Crippen LogP contribution is -2.36. The number of hydrogen-bond acceptors (Lipinski definition) is 2. The number of rotatable bonds is 4. The van der Waals surface area contributed by atoms with Gasteiger partial charge in [-0.25, -0.2) is 0 Å². The summed E-state index contributed by atoms with van der Waals surface area (Å²) < 4.78 is 0. The van der Waals surface area contributed by atoms with Crippen molar-refractivity contribution in [2.45, 2.75) is 25.7 Å². The Kier molecular flexibility index (Phi) is 4.88. The largest absolute Gasteiger partial charge is 0.330 e. The Morgan fingerprint density at radius 2 is 2.38 bits per heavy atom. The van der Waals surface area contributed by atoms with E-state index in [1.54, 1.807) is 0 Å². The van der Waals surface area contributed by atoms with Crippen molar-refractivity contribution in [1.29, 1.82) is 0 Å². The third kappa shape index (κ3) is 3.80. The van der Waals surface area contributed by atoms with E-state index in [9.17, 15) is 0 Å². The molecule has 0 aromatic carbocycles. The first kappa shape index (κ1) is 10.6. The van der Waals surface area contributed by atoms with Crippen LogP contribution in [0.2, 0.25) is 0 Å². The quantitative estimate of drug-likeness (QED) is 0.656. The van der Waals surface area contributed by atoms with Gasteiger partial charge in [0.15, 0.2) is 0 Å². The Labute approximate surface area is 81.5 Å². The molecule has 0 aliphatic carbocycles. The molecule has 1 aliphatic heterocycles. The van der Waals surface area contributed by atoms with Crippen LogP contribution in [0, 0.1) is 18.3 Å². The predicted octanol–water partition coefficient (Wildman–Crippen LogP) is 1.07. The minimum atomic E-state index is 0.816. The number of likely N-dealkylation sites (tertiary alicyclic amines) is 1. The van der Waals surface area contributed by atoms with Crippen molar-refractivity contribution < 1.29 is 0 Å². The Morgan fingerprint density at radius 1 is 1.54 bits per heavy atom. The molecule has 2 N–H and O–H groups in total. The highest BCUT2D eigenvalue weighted by Gasteiger charge is 2.18. The fourth-order valence-corrected chi connectivity index (χ4v) is 2.05. The van der Waals surface area contributed by atoms with Gasteiger partial charge in [-0.1, -0.05) is 0 Å². The molecule has 2 heteroatoms. The summed E-state index contributed by atoms with van der Waals surface area (Å²) in [6, 6.07) is 0. The highest BCUT2D eigenvalue weighted by molar-refractivity contribution is 4.85. The summed E-state index contributed by atoms with van der Waals surface area (Å²) in [5.41, 5.74) is 5.55. The molecule has 1 fully saturated rings. The third-order valence-corrected chi connectivity index (χ3v) is 2.75. The topological polar surface area (TPSA) is 29.3 Å². The third-order valence-electron chi connectivity index (χ3n) is 2.75. The van der Waals surface area contributed by atoms with Gasteiger partial charge in [0.1, 0.15) is 0 Å². The van der Waals surface area contributed by atoms with Crippen molar-refractivity contribution in [2.24, 2.45) is 11.7 Å². The molecule has 1 unspecified atom stereocenters. The van der Waals surface area contributed by atoms with Crippen molar-refractivity contribution >= 4 is 0 Å². The molecule has 1 heterocycles. The summed E-state index contributed by atoms with van der Waals surface area (Å²) in [6.45, 7) is 4.33. The minimum Gasteiger partial charge on any atom is -0.330 e. The molecule has 0 spiro atoms. The summed E-state index contributed by atoms with van der Waals surface area (Å²) in [4.78, 5) is 2.48. The SMILES string of the molecule is C#CCCN1CCCC(CCN)C1. The first-order valence-electron chi connectivity index (χ1n) is 5.22. The lowest BCUT2D eigenvalue weighted by atomic mass is 9.95. The highest BCUT2D eigenvalue weighted by Crippen LogP contribution is 2.18. The molecule has 1 atom stereocenters. The van der Waals surface area contributed by atoms with Gasteiger partial charge in [-0.3, -0.25) is 0 Å². The van der Waals surface area contributed by atoms with Gasteiger partial charge >= 0.3 is 0 Å². The molecule has 1 saturated heterocycles. The number of piperidine rings is 1. The lowest BCUT2D eigenvalue weighted by molar-refractivity contribution is 0.173. The molecule has 0 radical (unpaired) electrons. The molecular formula is C11H20N2. The smallest absolute Gasteiger partial charge is 0.0214 e. The molecule has 13 heavy (non-hydrogen) atoms. The fraction of sp³-hybridized carbons (Fsp3) is 0.818. The zero-order valence-electron chi connectivity index (χ0n) is 8.34.